The Balaban J connectivity index is 2.72. The first-order chi connectivity index (χ1) is 5.86. The first kappa shape index (κ1) is 8.46. The van der Waals surface area contributed by atoms with Crippen LogP contribution in [0.4, 0.5) is 5.69 Å². The van der Waals surface area contributed by atoms with Crippen molar-refractivity contribution in [2.75, 3.05) is 11.9 Å². The molecule has 1 aromatic rings. The lowest BCUT2D eigenvalue weighted by molar-refractivity contribution is -0.106. The van der Waals surface area contributed by atoms with Crippen molar-refractivity contribution in [3.8, 4) is 0 Å². The number of hydrogen-bond donors (Lipinski definition) is 1. The number of carbonyl (C=O) groups excluding carboxylic acids is 2. The van der Waals surface area contributed by atoms with Crippen molar-refractivity contribution in [1.29, 1.82) is 0 Å². The van der Waals surface area contributed by atoms with Gasteiger partial charge >= 0.3 is 0 Å². The molecule has 1 N–H and O–H groups in total. The minimum absolute atomic E-state index is 0.266. The highest BCUT2D eigenvalue weighted by Crippen LogP contribution is 2.07. The zero-order chi connectivity index (χ0) is 8.81. The largest absolute Gasteiger partial charge is 0.378 e. The fourth-order valence-electron chi connectivity index (χ4n) is 0.881. The van der Waals surface area contributed by atoms with Crippen LogP contribution in [-0.4, -0.2) is 19.1 Å². The van der Waals surface area contributed by atoms with Crippen LogP contribution in [0, 0.1) is 0 Å². The minimum atomic E-state index is 0.266. The summed E-state index contributed by atoms with van der Waals surface area (Å²) in [5.41, 5.74) is 1.39. The highest BCUT2D eigenvalue weighted by Gasteiger charge is 1.92. The second-order valence-electron chi connectivity index (χ2n) is 2.29. The van der Waals surface area contributed by atoms with E-state index >= 15 is 0 Å². The summed E-state index contributed by atoms with van der Waals surface area (Å²) in [6.45, 7) is 0.266. The van der Waals surface area contributed by atoms with E-state index in [1.54, 1.807) is 24.3 Å². The van der Waals surface area contributed by atoms with Crippen LogP contribution >= 0.6 is 0 Å². The van der Waals surface area contributed by atoms with E-state index in [2.05, 4.69) is 5.32 Å². The highest BCUT2D eigenvalue weighted by atomic mass is 16.1. The standard InChI is InChI=1S/C9H9NO2/c11-5-4-10-9-3-1-2-8(6-9)7-12/h1-3,5-7,10H,4H2. The molecule has 0 aliphatic heterocycles. The normalized spacial score (nSPS) is 9.00. The monoisotopic (exact) mass is 163 g/mol. The SMILES string of the molecule is O=CCNc1cccc(C=O)c1. The molecule has 0 saturated heterocycles. The van der Waals surface area contributed by atoms with Crippen LogP contribution in [0.25, 0.3) is 0 Å². The number of nitrogens with one attached hydrogen (secondary N) is 1. The Morgan fingerprint density at radius 3 is 2.83 bits per heavy atom. The van der Waals surface area contributed by atoms with Crippen molar-refractivity contribution in [2.24, 2.45) is 0 Å². The fraction of sp³-hybridized carbons (Fsp3) is 0.111. The predicted molar refractivity (Wildman–Crippen MR) is 46.4 cm³/mol. The molecule has 0 unspecified atom stereocenters. The van der Waals surface area contributed by atoms with Gasteiger partial charge in [0.2, 0.25) is 0 Å². The summed E-state index contributed by atoms with van der Waals surface area (Å²) in [5, 5.41) is 2.84. The zero-order valence-corrected chi connectivity index (χ0v) is 6.49. The van der Waals surface area contributed by atoms with Crippen molar-refractivity contribution < 1.29 is 9.59 Å². The molecule has 3 heteroatoms. The van der Waals surface area contributed by atoms with Crippen molar-refractivity contribution in [2.45, 2.75) is 0 Å². The Hall–Kier alpha value is -1.64. The van der Waals surface area contributed by atoms with Crippen LogP contribution in [-0.2, 0) is 4.79 Å². The Morgan fingerprint density at radius 2 is 2.17 bits per heavy atom. The molecule has 0 radical (unpaired) electrons. The first-order valence-corrected chi connectivity index (χ1v) is 3.59. The van der Waals surface area contributed by atoms with Crippen molar-refractivity contribution >= 4 is 18.3 Å². The van der Waals surface area contributed by atoms with E-state index in [0.717, 1.165) is 18.3 Å². The van der Waals surface area contributed by atoms with E-state index in [0.29, 0.717) is 5.56 Å². The van der Waals surface area contributed by atoms with Gasteiger partial charge in [-0.1, -0.05) is 12.1 Å². The molecule has 0 aliphatic rings. The van der Waals surface area contributed by atoms with E-state index in [-0.39, 0.29) is 6.54 Å². The van der Waals surface area contributed by atoms with Gasteiger partial charge in [0, 0.05) is 11.3 Å². The van der Waals surface area contributed by atoms with Crippen LogP contribution in [0.5, 0.6) is 0 Å². The number of carbonyl (C=O) groups is 2. The smallest absolute Gasteiger partial charge is 0.150 e. The summed E-state index contributed by atoms with van der Waals surface area (Å²) in [5.74, 6) is 0. The number of anilines is 1. The molecule has 0 bridgehead atoms. The lowest BCUT2D eigenvalue weighted by Crippen LogP contribution is -2.01. The van der Waals surface area contributed by atoms with Gasteiger partial charge in [-0.05, 0) is 12.1 Å². The summed E-state index contributed by atoms with van der Waals surface area (Å²) < 4.78 is 0. The third-order valence-electron chi connectivity index (χ3n) is 1.41. The van der Waals surface area contributed by atoms with Gasteiger partial charge in [0.25, 0.3) is 0 Å². The number of benzene rings is 1. The van der Waals surface area contributed by atoms with Gasteiger partial charge in [-0.15, -0.1) is 0 Å². The highest BCUT2D eigenvalue weighted by molar-refractivity contribution is 5.77. The summed E-state index contributed by atoms with van der Waals surface area (Å²) >= 11 is 0. The molecule has 3 nitrogen and oxygen atoms in total. The predicted octanol–water partition coefficient (Wildman–Crippen LogP) is 1.11. The summed E-state index contributed by atoms with van der Waals surface area (Å²) in [7, 11) is 0. The van der Waals surface area contributed by atoms with Gasteiger partial charge < -0.3 is 10.1 Å². The molecule has 0 amide bonds. The maximum Gasteiger partial charge on any atom is 0.150 e. The molecule has 0 saturated carbocycles. The summed E-state index contributed by atoms with van der Waals surface area (Å²) in [6.07, 6.45) is 1.54. The molecule has 12 heavy (non-hydrogen) atoms. The average molecular weight is 163 g/mol. The van der Waals surface area contributed by atoms with E-state index in [9.17, 15) is 9.59 Å². The van der Waals surface area contributed by atoms with Crippen LogP contribution in [0.2, 0.25) is 0 Å². The van der Waals surface area contributed by atoms with E-state index < -0.39 is 0 Å². The van der Waals surface area contributed by atoms with Gasteiger partial charge in [-0.3, -0.25) is 4.79 Å². The Morgan fingerprint density at radius 1 is 1.33 bits per heavy atom. The second kappa shape index (κ2) is 4.28. The van der Waals surface area contributed by atoms with E-state index in [1.807, 2.05) is 0 Å². The Bertz CT molecular complexity index is 284. The third kappa shape index (κ3) is 2.20. The van der Waals surface area contributed by atoms with Crippen molar-refractivity contribution in [3.63, 3.8) is 0 Å². The molecule has 0 aliphatic carbocycles. The van der Waals surface area contributed by atoms with Gasteiger partial charge in [0.15, 0.2) is 0 Å². The van der Waals surface area contributed by atoms with Gasteiger partial charge in [0.05, 0.1) is 6.54 Å². The molecule has 1 aromatic carbocycles. The Kier molecular flexibility index (Phi) is 3.02. The van der Waals surface area contributed by atoms with Gasteiger partial charge in [0.1, 0.15) is 12.6 Å². The first-order valence-electron chi connectivity index (χ1n) is 3.59. The van der Waals surface area contributed by atoms with Crippen LogP contribution in [0.1, 0.15) is 10.4 Å². The lowest BCUT2D eigenvalue weighted by atomic mass is 10.2. The third-order valence-corrected chi connectivity index (χ3v) is 1.41. The van der Waals surface area contributed by atoms with Crippen molar-refractivity contribution in [1.82, 2.24) is 0 Å². The quantitative estimate of drug-likeness (QED) is 0.676. The molecular weight excluding hydrogens is 154 g/mol. The molecule has 0 spiro atoms. The van der Waals surface area contributed by atoms with Crippen molar-refractivity contribution in [3.05, 3.63) is 29.8 Å². The molecule has 0 fully saturated rings. The lowest BCUT2D eigenvalue weighted by Gasteiger charge is -2.01. The second-order valence-corrected chi connectivity index (χ2v) is 2.29. The molecule has 0 heterocycles. The summed E-state index contributed by atoms with van der Waals surface area (Å²) in [4.78, 5) is 20.3. The fourth-order valence-corrected chi connectivity index (χ4v) is 0.881. The zero-order valence-electron chi connectivity index (χ0n) is 6.49. The van der Waals surface area contributed by atoms with E-state index in [1.165, 1.54) is 0 Å². The maximum absolute atomic E-state index is 10.3. The number of aldehydes is 2. The molecule has 0 aromatic heterocycles. The molecule has 62 valence electrons. The topological polar surface area (TPSA) is 46.2 Å². The minimum Gasteiger partial charge on any atom is -0.378 e. The van der Waals surface area contributed by atoms with Gasteiger partial charge in [-0.2, -0.15) is 0 Å². The van der Waals surface area contributed by atoms with Crippen LogP contribution in [0.15, 0.2) is 24.3 Å². The molecule has 0 atom stereocenters. The Labute approximate surface area is 70.4 Å². The molecule has 1 rings (SSSR count). The summed E-state index contributed by atoms with van der Waals surface area (Å²) in [6, 6.07) is 6.96. The van der Waals surface area contributed by atoms with Gasteiger partial charge in [-0.25, -0.2) is 0 Å². The number of rotatable bonds is 4. The van der Waals surface area contributed by atoms with Crippen LogP contribution in [0.3, 0.4) is 0 Å². The average Bonchev–Trinajstić information content (AvgIpc) is 2.15. The van der Waals surface area contributed by atoms with Crippen LogP contribution < -0.4 is 5.32 Å². The van der Waals surface area contributed by atoms with E-state index in [4.69, 9.17) is 0 Å². The number of hydrogen-bond acceptors (Lipinski definition) is 3. The maximum atomic E-state index is 10.3. The molecular formula is C9H9NO2.